The number of fused-ring (bicyclic) bond motifs is 1. The topological polar surface area (TPSA) is 79.3 Å². The van der Waals surface area contributed by atoms with Crippen molar-refractivity contribution < 1.29 is 14.7 Å². The Balaban J connectivity index is 2.40. The first-order chi connectivity index (χ1) is 8.92. The molecule has 0 radical (unpaired) electrons. The second kappa shape index (κ2) is 4.68. The summed E-state index contributed by atoms with van der Waals surface area (Å²) in [5.41, 5.74) is -0.204. The van der Waals surface area contributed by atoms with Crippen LogP contribution in [0.25, 0.3) is 10.9 Å². The number of amides is 1. The molecule has 1 amide bonds. The van der Waals surface area contributed by atoms with E-state index in [4.69, 9.17) is 5.11 Å². The number of para-hydroxylation sites is 1. The van der Waals surface area contributed by atoms with E-state index in [0.29, 0.717) is 16.5 Å². The maximum absolute atomic E-state index is 12.2. The predicted molar refractivity (Wildman–Crippen MR) is 70.9 cm³/mol. The van der Waals surface area contributed by atoms with Crippen molar-refractivity contribution in [3.05, 3.63) is 42.1 Å². The zero-order valence-electron chi connectivity index (χ0n) is 10.7. The number of benzene rings is 1. The minimum absolute atomic E-state index is 0.417. The molecule has 5 heteroatoms. The first kappa shape index (κ1) is 13.0. The van der Waals surface area contributed by atoms with Crippen molar-refractivity contribution in [2.45, 2.75) is 19.4 Å². The van der Waals surface area contributed by atoms with Gasteiger partial charge in [0.1, 0.15) is 5.54 Å². The molecule has 0 atom stereocenters. The molecule has 0 unspecified atom stereocenters. The molecule has 0 aliphatic rings. The van der Waals surface area contributed by atoms with E-state index in [2.05, 4.69) is 10.3 Å². The van der Waals surface area contributed by atoms with Crippen LogP contribution in [0.5, 0.6) is 0 Å². The van der Waals surface area contributed by atoms with Crippen molar-refractivity contribution in [2.24, 2.45) is 0 Å². The molecule has 5 nitrogen and oxygen atoms in total. The van der Waals surface area contributed by atoms with Crippen LogP contribution in [0.4, 0.5) is 0 Å². The molecular weight excluding hydrogens is 244 g/mol. The van der Waals surface area contributed by atoms with E-state index in [1.54, 1.807) is 18.2 Å². The Morgan fingerprint density at radius 1 is 1.21 bits per heavy atom. The summed E-state index contributed by atoms with van der Waals surface area (Å²) in [7, 11) is 0. The number of pyridine rings is 1. The largest absolute Gasteiger partial charge is 0.480 e. The van der Waals surface area contributed by atoms with E-state index in [1.807, 2.05) is 12.1 Å². The Morgan fingerprint density at radius 2 is 1.89 bits per heavy atom. The lowest BCUT2D eigenvalue weighted by atomic mass is 10.0. The Kier molecular flexibility index (Phi) is 3.21. The molecule has 1 aromatic heterocycles. The summed E-state index contributed by atoms with van der Waals surface area (Å²) in [4.78, 5) is 27.4. The number of hydrogen-bond donors (Lipinski definition) is 2. The van der Waals surface area contributed by atoms with Gasteiger partial charge in [-0.05, 0) is 26.0 Å². The molecule has 0 aliphatic heterocycles. The maximum Gasteiger partial charge on any atom is 0.328 e. The highest BCUT2D eigenvalue weighted by atomic mass is 16.4. The number of carboxylic acid groups (broad SMARTS) is 1. The van der Waals surface area contributed by atoms with Gasteiger partial charge in [0.2, 0.25) is 0 Å². The quantitative estimate of drug-likeness (QED) is 0.880. The van der Waals surface area contributed by atoms with Gasteiger partial charge in [0.25, 0.3) is 5.91 Å². The van der Waals surface area contributed by atoms with Crippen molar-refractivity contribution in [1.82, 2.24) is 10.3 Å². The molecule has 2 rings (SSSR count). The molecule has 1 aromatic carbocycles. The smallest absolute Gasteiger partial charge is 0.328 e. The molecule has 0 saturated carbocycles. The van der Waals surface area contributed by atoms with Crippen LogP contribution >= 0.6 is 0 Å². The maximum atomic E-state index is 12.2. The average molecular weight is 258 g/mol. The summed E-state index contributed by atoms with van der Waals surface area (Å²) >= 11 is 0. The van der Waals surface area contributed by atoms with Crippen LogP contribution in [0.2, 0.25) is 0 Å². The van der Waals surface area contributed by atoms with Crippen molar-refractivity contribution >= 4 is 22.8 Å². The Labute approximate surface area is 110 Å². The Bertz CT molecular complexity index is 645. The number of carboxylic acids is 1. The van der Waals surface area contributed by atoms with Gasteiger partial charge in [-0.15, -0.1) is 0 Å². The number of rotatable bonds is 3. The van der Waals surface area contributed by atoms with Crippen LogP contribution in [0, 0.1) is 0 Å². The first-order valence-electron chi connectivity index (χ1n) is 5.81. The fourth-order valence-corrected chi connectivity index (χ4v) is 1.70. The minimum Gasteiger partial charge on any atom is -0.480 e. The van der Waals surface area contributed by atoms with Gasteiger partial charge in [0.15, 0.2) is 0 Å². The van der Waals surface area contributed by atoms with Gasteiger partial charge in [-0.3, -0.25) is 9.78 Å². The Hall–Kier alpha value is -2.43. The fourth-order valence-electron chi connectivity index (χ4n) is 1.70. The number of aliphatic carboxylic acids is 1. The standard InChI is InChI=1S/C14H14N2O3/c1-14(2,13(18)19)16-12(17)10-7-8-15-11-6-4-3-5-9(10)11/h3-8H,1-2H3,(H,16,17)(H,18,19). The number of nitrogens with zero attached hydrogens (tertiary/aromatic N) is 1. The molecule has 0 aliphatic carbocycles. The molecule has 0 saturated heterocycles. The Morgan fingerprint density at radius 3 is 2.58 bits per heavy atom. The average Bonchev–Trinajstić information content (AvgIpc) is 2.37. The lowest BCUT2D eigenvalue weighted by Crippen LogP contribution is -2.49. The molecule has 1 heterocycles. The van der Waals surface area contributed by atoms with E-state index in [1.165, 1.54) is 20.0 Å². The van der Waals surface area contributed by atoms with Crippen LogP contribution in [-0.4, -0.2) is 27.5 Å². The lowest BCUT2D eigenvalue weighted by molar-refractivity contribution is -0.143. The van der Waals surface area contributed by atoms with Gasteiger partial charge in [0.05, 0.1) is 11.1 Å². The van der Waals surface area contributed by atoms with Gasteiger partial charge in [0, 0.05) is 11.6 Å². The van der Waals surface area contributed by atoms with E-state index < -0.39 is 17.4 Å². The third-order valence-corrected chi connectivity index (χ3v) is 2.85. The van der Waals surface area contributed by atoms with Gasteiger partial charge >= 0.3 is 5.97 Å². The molecule has 0 spiro atoms. The highest BCUT2D eigenvalue weighted by Crippen LogP contribution is 2.17. The zero-order valence-corrected chi connectivity index (χ0v) is 10.7. The predicted octanol–water partition coefficient (Wildman–Crippen LogP) is 1.83. The number of aromatic nitrogens is 1. The molecule has 98 valence electrons. The molecule has 19 heavy (non-hydrogen) atoms. The van der Waals surface area contributed by atoms with Crippen LogP contribution in [-0.2, 0) is 4.79 Å². The van der Waals surface area contributed by atoms with Gasteiger partial charge in [-0.25, -0.2) is 4.79 Å². The zero-order chi connectivity index (χ0) is 14.0. The molecule has 2 aromatic rings. The first-order valence-corrected chi connectivity index (χ1v) is 5.81. The number of carbonyl (C=O) groups is 2. The fraction of sp³-hybridized carbons (Fsp3) is 0.214. The summed E-state index contributed by atoms with van der Waals surface area (Å²) in [5, 5.41) is 12.2. The summed E-state index contributed by atoms with van der Waals surface area (Å²) < 4.78 is 0. The summed E-state index contributed by atoms with van der Waals surface area (Å²) in [6, 6.07) is 8.80. The van der Waals surface area contributed by atoms with E-state index in [0.717, 1.165) is 0 Å². The normalized spacial score (nSPS) is 11.3. The number of nitrogens with one attached hydrogen (secondary N) is 1. The van der Waals surface area contributed by atoms with Crippen molar-refractivity contribution in [1.29, 1.82) is 0 Å². The summed E-state index contributed by atoms with van der Waals surface area (Å²) in [5.74, 6) is -1.51. The van der Waals surface area contributed by atoms with Gasteiger partial charge < -0.3 is 10.4 Å². The summed E-state index contributed by atoms with van der Waals surface area (Å²) in [6.45, 7) is 2.88. The number of hydrogen-bond acceptors (Lipinski definition) is 3. The van der Waals surface area contributed by atoms with Crippen molar-refractivity contribution in [2.75, 3.05) is 0 Å². The second-order valence-corrected chi connectivity index (χ2v) is 4.76. The second-order valence-electron chi connectivity index (χ2n) is 4.76. The van der Waals surface area contributed by atoms with E-state index >= 15 is 0 Å². The third-order valence-electron chi connectivity index (χ3n) is 2.85. The van der Waals surface area contributed by atoms with Crippen LogP contribution in [0.3, 0.4) is 0 Å². The molecule has 0 fully saturated rings. The van der Waals surface area contributed by atoms with Gasteiger partial charge in [-0.1, -0.05) is 18.2 Å². The van der Waals surface area contributed by atoms with Gasteiger partial charge in [-0.2, -0.15) is 0 Å². The van der Waals surface area contributed by atoms with Crippen molar-refractivity contribution in [3.63, 3.8) is 0 Å². The third kappa shape index (κ3) is 2.54. The van der Waals surface area contributed by atoms with Crippen LogP contribution < -0.4 is 5.32 Å². The lowest BCUT2D eigenvalue weighted by Gasteiger charge is -2.21. The highest BCUT2D eigenvalue weighted by Gasteiger charge is 2.29. The number of carbonyl (C=O) groups excluding carboxylic acids is 1. The van der Waals surface area contributed by atoms with E-state index in [9.17, 15) is 9.59 Å². The highest BCUT2D eigenvalue weighted by molar-refractivity contribution is 6.07. The molecular formula is C14H14N2O3. The SMILES string of the molecule is CC(C)(NC(=O)c1ccnc2ccccc12)C(=O)O. The summed E-state index contributed by atoms with van der Waals surface area (Å²) in [6.07, 6.45) is 1.53. The minimum atomic E-state index is -1.32. The molecule has 2 N–H and O–H groups in total. The van der Waals surface area contributed by atoms with Crippen molar-refractivity contribution in [3.8, 4) is 0 Å². The molecule has 0 bridgehead atoms. The van der Waals surface area contributed by atoms with E-state index in [-0.39, 0.29) is 0 Å². The van der Waals surface area contributed by atoms with Crippen LogP contribution in [0.15, 0.2) is 36.5 Å². The monoisotopic (exact) mass is 258 g/mol. The van der Waals surface area contributed by atoms with Crippen LogP contribution in [0.1, 0.15) is 24.2 Å².